The first-order valence-corrected chi connectivity index (χ1v) is 8.67. The van der Waals surface area contributed by atoms with Crippen molar-refractivity contribution in [3.63, 3.8) is 0 Å². The van der Waals surface area contributed by atoms with Crippen molar-refractivity contribution in [1.82, 2.24) is 4.31 Å². The first-order chi connectivity index (χ1) is 8.35. The van der Waals surface area contributed by atoms with E-state index in [1.54, 1.807) is 4.31 Å². The fourth-order valence-corrected chi connectivity index (χ4v) is 4.84. The number of rotatable bonds is 6. The molecule has 0 spiro atoms. The molecule has 0 amide bonds. The third-order valence-electron chi connectivity index (χ3n) is 2.71. The van der Waals surface area contributed by atoms with Crippen LogP contribution in [0.3, 0.4) is 0 Å². The topological polar surface area (TPSA) is 63.7 Å². The summed E-state index contributed by atoms with van der Waals surface area (Å²) in [5.74, 6) is 0.362. The van der Waals surface area contributed by atoms with Crippen LogP contribution in [0.2, 0.25) is 0 Å². The standard InChI is InChI=1S/C11H21NO4S2/c1-9(2)8-18(14,15)12-5-4-10(6-12)17-7-11(13)16-3/h9-10H,4-8H2,1-3H3/t10-/m1/s1. The molecule has 1 aliphatic rings. The monoisotopic (exact) mass is 295 g/mol. The van der Waals surface area contributed by atoms with Crippen LogP contribution >= 0.6 is 11.8 Å². The smallest absolute Gasteiger partial charge is 0.315 e. The Balaban J connectivity index is 2.43. The summed E-state index contributed by atoms with van der Waals surface area (Å²) in [7, 11) is -1.77. The van der Waals surface area contributed by atoms with E-state index in [2.05, 4.69) is 4.74 Å². The van der Waals surface area contributed by atoms with Gasteiger partial charge in [-0.1, -0.05) is 13.8 Å². The van der Waals surface area contributed by atoms with E-state index in [0.717, 1.165) is 6.42 Å². The summed E-state index contributed by atoms with van der Waals surface area (Å²) in [4.78, 5) is 11.0. The molecule has 0 aromatic rings. The minimum Gasteiger partial charge on any atom is -0.468 e. The van der Waals surface area contributed by atoms with E-state index in [4.69, 9.17) is 0 Å². The van der Waals surface area contributed by atoms with Crippen LogP contribution in [0.1, 0.15) is 20.3 Å². The number of nitrogens with zero attached hydrogens (tertiary/aromatic N) is 1. The zero-order valence-electron chi connectivity index (χ0n) is 11.1. The van der Waals surface area contributed by atoms with Crippen LogP contribution in [0.15, 0.2) is 0 Å². The van der Waals surface area contributed by atoms with E-state index in [1.807, 2.05) is 13.8 Å². The summed E-state index contributed by atoms with van der Waals surface area (Å²) in [6.45, 7) is 4.87. The van der Waals surface area contributed by atoms with E-state index in [1.165, 1.54) is 18.9 Å². The van der Waals surface area contributed by atoms with Crippen molar-refractivity contribution >= 4 is 27.8 Å². The molecule has 106 valence electrons. The molecule has 0 aromatic carbocycles. The van der Waals surface area contributed by atoms with Gasteiger partial charge in [0.05, 0.1) is 18.6 Å². The third kappa shape index (κ3) is 4.78. The lowest BCUT2D eigenvalue weighted by Gasteiger charge is -2.17. The summed E-state index contributed by atoms with van der Waals surface area (Å²) < 4.78 is 30.1. The highest BCUT2D eigenvalue weighted by molar-refractivity contribution is 8.00. The quantitative estimate of drug-likeness (QED) is 0.683. The van der Waals surface area contributed by atoms with Gasteiger partial charge in [-0.3, -0.25) is 4.79 Å². The molecular formula is C11H21NO4S2. The predicted molar refractivity (Wildman–Crippen MR) is 73.1 cm³/mol. The molecule has 0 N–H and O–H groups in total. The number of ether oxygens (including phenoxy) is 1. The Kier molecular flexibility index (Phi) is 5.94. The molecule has 1 heterocycles. The molecule has 0 saturated carbocycles. The molecule has 0 bridgehead atoms. The largest absolute Gasteiger partial charge is 0.468 e. The Morgan fingerprint density at radius 3 is 2.72 bits per heavy atom. The third-order valence-corrected chi connectivity index (χ3v) is 6.17. The van der Waals surface area contributed by atoms with Gasteiger partial charge in [0.2, 0.25) is 10.0 Å². The van der Waals surface area contributed by atoms with Gasteiger partial charge >= 0.3 is 5.97 Å². The summed E-state index contributed by atoms with van der Waals surface area (Å²) >= 11 is 1.47. The maximum absolute atomic E-state index is 12.0. The van der Waals surface area contributed by atoms with Gasteiger partial charge in [0, 0.05) is 18.3 Å². The Labute approximate surface area is 113 Å². The SMILES string of the molecule is COC(=O)CS[C@@H]1CCN(S(=O)(=O)CC(C)C)C1. The average Bonchev–Trinajstić information content (AvgIpc) is 2.73. The number of hydrogen-bond acceptors (Lipinski definition) is 5. The Hall–Kier alpha value is -0.270. The van der Waals surface area contributed by atoms with Gasteiger partial charge in [0.15, 0.2) is 0 Å². The predicted octanol–water partition coefficient (Wildman–Crippen LogP) is 0.953. The van der Waals surface area contributed by atoms with Crippen LogP contribution < -0.4 is 0 Å². The number of carbonyl (C=O) groups excluding carboxylic acids is 1. The Morgan fingerprint density at radius 2 is 2.17 bits per heavy atom. The fourth-order valence-electron chi connectivity index (χ4n) is 1.86. The van der Waals surface area contributed by atoms with Gasteiger partial charge < -0.3 is 4.74 Å². The van der Waals surface area contributed by atoms with Gasteiger partial charge in [-0.25, -0.2) is 12.7 Å². The van der Waals surface area contributed by atoms with Crippen LogP contribution in [0.25, 0.3) is 0 Å². The summed E-state index contributed by atoms with van der Waals surface area (Å²) in [5.41, 5.74) is 0. The molecule has 1 fully saturated rings. The van der Waals surface area contributed by atoms with Crippen molar-refractivity contribution in [2.75, 3.05) is 31.7 Å². The van der Waals surface area contributed by atoms with E-state index in [9.17, 15) is 13.2 Å². The Bertz CT molecular complexity index is 381. The lowest BCUT2D eigenvalue weighted by molar-refractivity contribution is -0.137. The first-order valence-electron chi connectivity index (χ1n) is 6.01. The molecule has 0 aromatic heterocycles. The summed E-state index contributed by atoms with van der Waals surface area (Å²) in [6, 6.07) is 0. The second kappa shape index (κ2) is 6.77. The normalized spacial score (nSPS) is 21.4. The van der Waals surface area contributed by atoms with Gasteiger partial charge in [-0.15, -0.1) is 11.8 Å². The van der Waals surface area contributed by atoms with Crippen LogP contribution in [0.5, 0.6) is 0 Å². The maximum Gasteiger partial charge on any atom is 0.315 e. The van der Waals surface area contributed by atoms with Gasteiger partial charge in [0.1, 0.15) is 0 Å². The molecule has 18 heavy (non-hydrogen) atoms. The van der Waals surface area contributed by atoms with Crippen molar-refractivity contribution in [2.45, 2.75) is 25.5 Å². The fraction of sp³-hybridized carbons (Fsp3) is 0.909. The molecule has 1 rings (SSSR count). The van der Waals surface area contributed by atoms with Crippen molar-refractivity contribution in [3.05, 3.63) is 0 Å². The van der Waals surface area contributed by atoms with E-state index in [0.29, 0.717) is 18.8 Å². The van der Waals surface area contributed by atoms with E-state index in [-0.39, 0.29) is 22.9 Å². The van der Waals surface area contributed by atoms with Gasteiger partial charge in [-0.05, 0) is 12.3 Å². The number of esters is 1. The highest BCUT2D eigenvalue weighted by atomic mass is 32.2. The zero-order chi connectivity index (χ0) is 13.8. The van der Waals surface area contributed by atoms with Gasteiger partial charge in [0.25, 0.3) is 0 Å². The molecule has 1 atom stereocenters. The molecule has 0 aliphatic carbocycles. The molecule has 7 heteroatoms. The van der Waals surface area contributed by atoms with E-state index < -0.39 is 10.0 Å². The molecular weight excluding hydrogens is 274 g/mol. The second-order valence-electron chi connectivity index (χ2n) is 4.83. The van der Waals surface area contributed by atoms with Crippen molar-refractivity contribution in [2.24, 2.45) is 5.92 Å². The van der Waals surface area contributed by atoms with Crippen molar-refractivity contribution < 1.29 is 17.9 Å². The average molecular weight is 295 g/mol. The van der Waals surface area contributed by atoms with Crippen LogP contribution in [0.4, 0.5) is 0 Å². The lowest BCUT2D eigenvalue weighted by atomic mass is 10.3. The lowest BCUT2D eigenvalue weighted by Crippen LogP contribution is -2.33. The highest BCUT2D eigenvalue weighted by Crippen LogP contribution is 2.25. The van der Waals surface area contributed by atoms with Crippen LogP contribution in [-0.2, 0) is 19.6 Å². The minimum atomic E-state index is -3.13. The molecule has 1 saturated heterocycles. The molecule has 5 nitrogen and oxygen atoms in total. The minimum absolute atomic E-state index is 0.136. The number of carbonyl (C=O) groups is 1. The summed E-state index contributed by atoms with van der Waals surface area (Å²) in [5, 5.41) is 0.200. The maximum atomic E-state index is 12.0. The zero-order valence-corrected chi connectivity index (χ0v) is 12.7. The highest BCUT2D eigenvalue weighted by Gasteiger charge is 2.32. The van der Waals surface area contributed by atoms with Gasteiger partial charge in [-0.2, -0.15) is 0 Å². The number of methoxy groups -OCH3 is 1. The number of thioether (sulfide) groups is 1. The Morgan fingerprint density at radius 1 is 1.50 bits per heavy atom. The molecule has 0 radical (unpaired) electrons. The second-order valence-corrected chi connectivity index (χ2v) is 8.13. The van der Waals surface area contributed by atoms with Crippen LogP contribution in [-0.4, -0.2) is 55.6 Å². The van der Waals surface area contributed by atoms with Crippen LogP contribution in [0, 0.1) is 5.92 Å². The molecule has 0 unspecified atom stereocenters. The van der Waals surface area contributed by atoms with E-state index >= 15 is 0 Å². The van der Waals surface area contributed by atoms with Crippen molar-refractivity contribution in [1.29, 1.82) is 0 Å². The molecule has 1 aliphatic heterocycles. The number of hydrogen-bond donors (Lipinski definition) is 0. The number of sulfonamides is 1. The van der Waals surface area contributed by atoms with Crippen molar-refractivity contribution in [3.8, 4) is 0 Å². The first kappa shape index (κ1) is 15.8. The summed E-state index contributed by atoms with van der Waals surface area (Å²) in [6.07, 6.45) is 0.805.